The van der Waals surface area contributed by atoms with Gasteiger partial charge in [-0.2, -0.15) is 0 Å². The first-order valence-electron chi connectivity index (χ1n) is 5.69. The molecule has 0 spiro atoms. The lowest BCUT2D eigenvalue weighted by Gasteiger charge is -2.01. The minimum Gasteiger partial charge on any atom is -0.294 e. The van der Waals surface area contributed by atoms with Crippen molar-refractivity contribution in [3.05, 3.63) is 65.5 Å². The Kier molecular flexibility index (Phi) is 3.33. The van der Waals surface area contributed by atoms with Crippen molar-refractivity contribution in [1.82, 2.24) is 0 Å². The lowest BCUT2D eigenvalue weighted by molar-refractivity contribution is -0.672. The Hall–Kier alpha value is -1.96. The maximum atomic E-state index is 12.0. The van der Waals surface area contributed by atoms with Gasteiger partial charge in [-0.1, -0.05) is 30.3 Å². The second-order valence-corrected chi connectivity index (χ2v) is 4.35. The summed E-state index contributed by atoms with van der Waals surface area (Å²) in [5, 5.41) is 0. The number of aromatic nitrogens is 1. The van der Waals surface area contributed by atoms with Gasteiger partial charge in [0.25, 0.3) is 0 Å². The maximum absolute atomic E-state index is 12.0. The number of ketones is 1. The van der Waals surface area contributed by atoms with E-state index in [1.807, 2.05) is 61.3 Å². The maximum Gasteiger partial charge on any atom is 0.172 e. The SMILES string of the molecule is Cc1cc(CC(=O)c2ccccc2)c[n+](C)c1. The summed E-state index contributed by atoms with van der Waals surface area (Å²) in [5.41, 5.74) is 3.00. The van der Waals surface area contributed by atoms with Crippen molar-refractivity contribution < 1.29 is 9.36 Å². The minimum absolute atomic E-state index is 0.163. The van der Waals surface area contributed by atoms with Crippen molar-refractivity contribution in [2.45, 2.75) is 13.3 Å². The molecule has 0 amide bonds. The predicted octanol–water partition coefficient (Wildman–Crippen LogP) is 2.24. The Morgan fingerprint density at radius 2 is 1.88 bits per heavy atom. The van der Waals surface area contributed by atoms with Gasteiger partial charge in [0.15, 0.2) is 18.2 Å². The van der Waals surface area contributed by atoms with Crippen LogP contribution in [0.3, 0.4) is 0 Å². The predicted molar refractivity (Wildman–Crippen MR) is 66.8 cm³/mol. The van der Waals surface area contributed by atoms with Crippen LogP contribution in [0.1, 0.15) is 21.5 Å². The van der Waals surface area contributed by atoms with Gasteiger partial charge in [0.05, 0.1) is 0 Å². The highest BCUT2D eigenvalue weighted by molar-refractivity contribution is 5.97. The second kappa shape index (κ2) is 4.91. The van der Waals surface area contributed by atoms with Crippen LogP contribution in [0.4, 0.5) is 0 Å². The van der Waals surface area contributed by atoms with Crippen molar-refractivity contribution in [2.75, 3.05) is 0 Å². The van der Waals surface area contributed by atoms with E-state index in [1.54, 1.807) is 0 Å². The summed E-state index contributed by atoms with van der Waals surface area (Å²) in [6.45, 7) is 2.04. The topological polar surface area (TPSA) is 20.9 Å². The molecule has 0 radical (unpaired) electrons. The summed E-state index contributed by atoms with van der Waals surface area (Å²) in [6, 6.07) is 11.5. The van der Waals surface area contributed by atoms with Gasteiger partial charge < -0.3 is 0 Å². The van der Waals surface area contributed by atoms with Gasteiger partial charge in [0.2, 0.25) is 0 Å². The molecule has 0 saturated carbocycles. The van der Waals surface area contributed by atoms with Crippen LogP contribution in [0.25, 0.3) is 0 Å². The summed E-state index contributed by atoms with van der Waals surface area (Å²) in [5.74, 6) is 0.163. The Morgan fingerprint density at radius 1 is 1.18 bits per heavy atom. The van der Waals surface area contributed by atoms with Gasteiger partial charge >= 0.3 is 0 Å². The minimum atomic E-state index is 0.163. The molecule has 0 unspecified atom stereocenters. The van der Waals surface area contributed by atoms with Crippen molar-refractivity contribution >= 4 is 5.78 Å². The molecule has 0 bridgehead atoms. The van der Waals surface area contributed by atoms with E-state index in [9.17, 15) is 4.79 Å². The van der Waals surface area contributed by atoms with Crippen LogP contribution in [0.2, 0.25) is 0 Å². The molecule has 0 aliphatic carbocycles. The molecule has 0 fully saturated rings. The number of pyridine rings is 1. The van der Waals surface area contributed by atoms with Crippen molar-refractivity contribution in [2.24, 2.45) is 7.05 Å². The number of hydrogen-bond acceptors (Lipinski definition) is 1. The van der Waals surface area contributed by atoms with Gasteiger partial charge in [0, 0.05) is 23.1 Å². The Morgan fingerprint density at radius 3 is 2.53 bits per heavy atom. The van der Waals surface area contributed by atoms with Gasteiger partial charge in [0.1, 0.15) is 7.05 Å². The molecule has 17 heavy (non-hydrogen) atoms. The molecule has 0 aliphatic rings. The van der Waals surface area contributed by atoms with Crippen LogP contribution in [0.15, 0.2) is 48.8 Å². The Labute approximate surface area is 102 Å². The highest BCUT2D eigenvalue weighted by Gasteiger charge is 2.09. The van der Waals surface area contributed by atoms with E-state index in [0.29, 0.717) is 6.42 Å². The van der Waals surface area contributed by atoms with E-state index in [1.165, 1.54) is 5.56 Å². The number of carbonyl (C=O) groups excluding carboxylic acids is 1. The zero-order valence-electron chi connectivity index (χ0n) is 10.2. The fourth-order valence-electron chi connectivity index (χ4n) is 2.00. The molecule has 1 aromatic heterocycles. The van der Waals surface area contributed by atoms with E-state index < -0.39 is 0 Å². The first-order valence-corrected chi connectivity index (χ1v) is 5.69. The highest BCUT2D eigenvalue weighted by atomic mass is 16.1. The van der Waals surface area contributed by atoms with E-state index >= 15 is 0 Å². The number of hydrogen-bond donors (Lipinski definition) is 0. The standard InChI is InChI=1S/C15H16NO/c1-12-8-13(11-16(2)10-12)9-15(17)14-6-4-3-5-7-14/h3-8,10-11H,9H2,1-2H3/q+1. The summed E-state index contributed by atoms with van der Waals surface area (Å²) in [4.78, 5) is 12.0. The number of Topliss-reactive ketones (excluding diaryl/α,β-unsaturated/α-hetero) is 1. The van der Waals surface area contributed by atoms with E-state index in [2.05, 4.69) is 6.07 Å². The lowest BCUT2D eigenvalue weighted by Crippen LogP contribution is -2.28. The first-order chi connectivity index (χ1) is 8.15. The zero-order valence-corrected chi connectivity index (χ0v) is 10.2. The molecule has 2 nitrogen and oxygen atoms in total. The molecule has 0 saturated heterocycles. The molecule has 1 aromatic carbocycles. The van der Waals surface area contributed by atoms with E-state index in [-0.39, 0.29) is 5.78 Å². The van der Waals surface area contributed by atoms with Crippen LogP contribution >= 0.6 is 0 Å². The summed E-state index contributed by atoms with van der Waals surface area (Å²) in [7, 11) is 1.98. The normalized spacial score (nSPS) is 10.2. The van der Waals surface area contributed by atoms with Crippen molar-refractivity contribution in [3.8, 4) is 0 Å². The zero-order chi connectivity index (χ0) is 12.3. The Bertz CT molecular complexity index is 512. The number of benzene rings is 1. The second-order valence-electron chi connectivity index (χ2n) is 4.35. The third-order valence-corrected chi connectivity index (χ3v) is 2.65. The van der Waals surface area contributed by atoms with E-state index in [4.69, 9.17) is 0 Å². The quantitative estimate of drug-likeness (QED) is 0.581. The highest BCUT2D eigenvalue weighted by Crippen LogP contribution is 2.07. The first kappa shape index (κ1) is 11.5. The number of aryl methyl sites for hydroxylation is 2. The summed E-state index contributed by atoms with van der Waals surface area (Å²) < 4.78 is 1.99. The van der Waals surface area contributed by atoms with Gasteiger partial charge in [-0.3, -0.25) is 4.79 Å². The summed E-state index contributed by atoms with van der Waals surface area (Å²) in [6.07, 6.45) is 4.49. The average molecular weight is 226 g/mol. The van der Waals surface area contributed by atoms with Crippen molar-refractivity contribution in [3.63, 3.8) is 0 Å². The fraction of sp³-hybridized carbons (Fsp3) is 0.200. The fourth-order valence-corrected chi connectivity index (χ4v) is 2.00. The third-order valence-electron chi connectivity index (χ3n) is 2.65. The molecule has 1 heterocycles. The molecule has 0 aliphatic heterocycles. The molecule has 2 aromatic rings. The molecule has 2 heteroatoms. The largest absolute Gasteiger partial charge is 0.294 e. The van der Waals surface area contributed by atoms with Gasteiger partial charge in [-0.25, -0.2) is 4.57 Å². The molecule has 0 N–H and O–H groups in total. The molecule has 2 rings (SSSR count). The van der Waals surface area contributed by atoms with Crippen LogP contribution < -0.4 is 4.57 Å². The average Bonchev–Trinajstić information content (AvgIpc) is 2.28. The third kappa shape index (κ3) is 3.00. The van der Waals surface area contributed by atoms with Crippen LogP contribution in [0.5, 0.6) is 0 Å². The van der Waals surface area contributed by atoms with Gasteiger partial charge in [-0.15, -0.1) is 0 Å². The number of carbonyl (C=O) groups is 1. The number of nitrogens with zero attached hydrogens (tertiary/aromatic N) is 1. The molecular formula is C15H16NO+. The molecular weight excluding hydrogens is 210 g/mol. The summed E-state index contributed by atoms with van der Waals surface area (Å²) >= 11 is 0. The monoisotopic (exact) mass is 226 g/mol. The van der Waals surface area contributed by atoms with Crippen LogP contribution in [-0.4, -0.2) is 5.78 Å². The molecule has 0 atom stereocenters. The smallest absolute Gasteiger partial charge is 0.172 e. The lowest BCUT2D eigenvalue weighted by atomic mass is 10.0. The van der Waals surface area contributed by atoms with Crippen LogP contribution in [0, 0.1) is 6.92 Å². The number of rotatable bonds is 3. The van der Waals surface area contributed by atoms with Crippen LogP contribution in [-0.2, 0) is 13.5 Å². The molecule has 86 valence electrons. The van der Waals surface area contributed by atoms with Gasteiger partial charge in [-0.05, 0) is 13.0 Å². The Balaban J connectivity index is 2.19. The van der Waals surface area contributed by atoms with Crippen molar-refractivity contribution in [1.29, 1.82) is 0 Å². The van der Waals surface area contributed by atoms with E-state index in [0.717, 1.165) is 11.1 Å².